The van der Waals surface area contributed by atoms with Crippen LogP contribution < -0.4 is 10.5 Å². The summed E-state index contributed by atoms with van der Waals surface area (Å²) in [5, 5.41) is 0. The molecule has 0 aliphatic rings. The number of ether oxygens (including phenoxy) is 1. The van der Waals surface area contributed by atoms with E-state index in [2.05, 4.69) is 11.6 Å². The number of nitrogens with two attached hydrogens (primary N) is 1. The highest BCUT2D eigenvalue weighted by molar-refractivity contribution is 7.88. The number of hydrogen-bond donors (Lipinski definition) is 2. The molecule has 5 nitrogen and oxygen atoms in total. The fraction of sp³-hybridized carbons (Fsp3) is 0.571. The van der Waals surface area contributed by atoms with Crippen LogP contribution in [0.2, 0.25) is 0 Å². The summed E-state index contributed by atoms with van der Waals surface area (Å²) in [6.07, 6.45) is 2.84. The van der Waals surface area contributed by atoms with Gasteiger partial charge in [-0.1, -0.05) is 25.5 Å². The molecular weight excluding hydrogens is 276 g/mol. The third kappa shape index (κ3) is 7.47. The maximum absolute atomic E-state index is 11.8. The van der Waals surface area contributed by atoms with Crippen molar-refractivity contribution in [2.75, 3.05) is 25.5 Å². The quantitative estimate of drug-likeness (QED) is 0.511. The van der Waals surface area contributed by atoms with Gasteiger partial charge in [0.1, 0.15) is 0 Å². The van der Waals surface area contributed by atoms with E-state index in [9.17, 15) is 8.42 Å². The molecule has 0 saturated heterocycles. The average Bonchev–Trinajstić information content (AvgIpc) is 2.40. The molecule has 0 aliphatic heterocycles. The highest BCUT2D eigenvalue weighted by atomic mass is 32.2. The molecule has 1 rings (SSSR count). The molecule has 0 bridgehead atoms. The molecule has 0 heterocycles. The molecule has 0 aromatic heterocycles. The van der Waals surface area contributed by atoms with E-state index in [1.54, 1.807) is 24.3 Å². The van der Waals surface area contributed by atoms with Crippen molar-refractivity contribution in [3.05, 3.63) is 29.8 Å². The van der Waals surface area contributed by atoms with Gasteiger partial charge in [0.2, 0.25) is 10.0 Å². The minimum Gasteiger partial charge on any atom is -0.399 e. The van der Waals surface area contributed by atoms with E-state index in [4.69, 9.17) is 10.5 Å². The maximum atomic E-state index is 11.8. The molecular formula is C14H24N2O3S. The molecule has 0 amide bonds. The molecule has 6 heteroatoms. The lowest BCUT2D eigenvalue weighted by atomic mass is 10.2. The highest BCUT2D eigenvalue weighted by Gasteiger charge is 2.10. The Morgan fingerprint density at radius 2 is 1.80 bits per heavy atom. The van der Waals surface area contributed by atoms with E-state index in [0.29, 0.717) is 25.3 Å². The molecule has 1 aromatic rings. The minimum absolute atomic E-state index is 0.0238. The van der Waals surface area contributed by atoms with Crippen LogP contribution in [-0.4, -0.2) is 28.2 Å². The second kappa shape index (κ2) is 8.94. The molecule has 0 aliphatic carbocycles. The predicted octanol–water partition coefficient (Wildman–Crippen LogP) is 1.89. The van der Waals surface area contributed by atoms with E-state index in [-0.39, 0.29) is 5.75 Å². The van der Waals surface area contributed by atoms with Crippen molar-refractivity contribution in [3.8, 4) is 0 Å². The summed E-state index contributed by atoms with van der Waals surface area (Å²) in [5.74, 6) is -0.0238. The third-order valence-corrected chi connectivity index (χ3v) is 4.12. The maximum Gasteiger partial charge on any atom is 0.215 e. The number of hydrogen-bond acceptors (Lipinski definition) is 4. The SMILES string of the molecule is CCCCOCCCNS(=O)(=O)Cc1ccc(N)cc1. The van der Waals surface area contributed by atoms with Crippen LogP contribution in [0.15, 0.2) is 24.3 Å². The van der Waals surface area contributed by atoms with Gasteiger partial charge in [0.25, 0.3) is 0 Å². The smallest absolute Gasteiger partial charge is 0.215 e. The second-order valence-electron chi connectivity index (χ2n) is 4.71. The Morgan fingerprint density at radius 3 is 2.45 bits per heavy atom. The summed E-state index contributed by atoms with van der Waals surface area (Å²) in [6, 6.07) is 6.85. The van der Waals surface area contributed by atoms with Gasteiger partial charge in [-0.05, 0) is 30.5 Å². The largest absolute Gasteiger partial charge is 0.399 e. The average molecular weight is 300 g/mol. The van der Waals surface area contributed by atoms with Crippen LogP contribution in [0.25, 0.3) is 0 Å². The van der Waals surface area contributed by atoms with Gasteiger partial charge in [-0.25, -0.2) is 13.1 Å². The normalized spacial score (nSPS) is 11.7. The van der Waals surface area contributed by atoms with E-state index in [1.165, 1.54) is 0 Å². The lowest BCUT2D eigenvalue weighted by Crippen LogP contribution is -2.26. The third-order valence-electron chi connectivity index (χ3n) is 2.77. The predicted molar refractivity (Wildman–Crippen MR) is 81.8 cm³/mol. The van der Waals surface area contributed by atoms with Gasteiger partial charge in [-0.15, -0.1) is 0 Å². The van der Waals surface area contributed by atoms with Gasteiger partial charge in [0, 0.05) is 25.4 Å². The van der Waals surface area contributed by atoms with Gasteiger partial charge in [0.15, 0.2) is 0 Å². The number of nitrogens with one attached hydrogen (secondary N) is 1. The van der Waals surface area contributed by atoms with Crippen LogP contribution >= 0.6 is 0 Å². The summed E-state index contributed by atoms with van der Waals surface area (Å²) < 4.78 is 31.6. The number of sulfonamides is 1. The van der Waals surface area contributed by atoms with Crippen LogP contribution in [0.1, 0.15) is 31.7 Å². The fourth-order valence-electron chi connectivity index (χ4n) is 1.63. The Balaban J connectivity index is 2.23. The summed E-state index contributed by atoms with van der Waals surface area (Å²) in [6.45, 7) is 3.84. The lowest BCUT2D eigenvalue weighted by Gasteiger charge is -2.07. The zero-order chi connectivity index (χ0) is 14.8. The first-order valence-corrected chi connectivity index (χ1v) is 8.58. The van der Waals surface area contributed by atoms with Gasteiger partial charge in [-0.3, -0.25) is 0 Å². The van der Waals surface area contributed by atoms with Crippen molar-refractivity contribution in [1.29, 1.82) is 0 Å². The van der Waals surface area contributed by atoms with E-state index >= 15 is 0 Å². The van der Waals surface area contributed by atoms with Gasteiger partial charge >= 0.3 is 0 Å². The van der Waals surface area contributed by atoms with Gasteiger partial charge in [-0.2, -0.15) is 0 Å². The first-order valence-electron chi connectivity index (χ1n) is 6.93. The minimum atomic E-state index is -3.29. The molecule has 20 heavy (non-hydrogen) atoms. The molecule has 0 saturated carbocycles. The molecule has 0 unspecified atom stereocenters. The number of rotatable bonds is 10. The van der Waals surface area contributed by atoms with Crippen molar-refractivity contribution < 1.29 is 13.2 Å². The highest BCUT2D eigenvalue weighted by Crippen LogP contribution is 2.08. The van der Waals surface area contributed by atoms with Crippen molar-refractivity contribution >= 4 is 15.7 Å². The van der Waals surface area contributed by atoms with Crippen LogP contribution in [0.5, 0.6) is 0 Å². The summed E-state index contributed by atoms with van der Waals surface area (Å²) in [7, 11) is -3.29. The van der Waals surface area contributed by atoms with Crippen LogP contribution in [0, 0.1) is 0 Å². The van der Waals surface area contributed by atoms with Crippen molar-refractivity contribution in [1.82, 2.24) is 4.72 Å². The molecule has 0 atom stereocenters. The number of nitrogen functional groups attached to an aromatic ring is 1. The molecule has 0 radical (unpaired) electrons. The molecule has 0 fully saturated rings. The topological polar surface area (TPSA) is 81.4 Å². The number of anilines is 1. The zero-order valence-electron chi connectivity index (χ0n) is 12.0. The summed E-state index contributed by atoms with van der Waals surface area (Å²) >= 11 is 0. The fourth-order valence-corrected chi connectivity index (χ4v) is 2.82. The van der Waals surface area contributed by atoms with Crippen LogP contribution in [0.3, 0.4) is 0 Å². The Bertz CT molecular complexity index is 472. The van der Waals surface area contributed by atoms with E-state index in [0.717, 1.165) is 25.0 Å². The number of benzene rings is 1. The summed E-state index contributed by atoms with van der Waals surface area (Å²) in [4.78, 5) is 0. The molecule has 114 valence electrons. The Labute approximate surface area is 121 Å². The van der Waals surface area contributed by atoms with E-state index in [1.807, 2.05) is 0 Å². The standard InChI is InChI=1S/C14H24N2O3S/c1-2-3-10-19-11-4-9-16-20(17,18)12-13-5-7-14(15)8-6-13/h5-8,16H,2-4,9-12,15H2,1H3. The van der Waals surface area contributed by atoms with Gasteiger partial charge < -0.3 is 10.5 Å². The van der Waals surface area contributed by atoms with E-state index < -0.39 is 10.0 Å². The van der Waals surface area contributed by atoms with Crippen molar-refractivity contribution in [2.45, 2.75) is 31.9 Å². The second-order valence-corrected chi connectivity index (χ2v) is 6.52. The Hall–Kier alpha value is -1.11. The monoisotopic (exact) mass is 300 g/mol. The molecule has 3 N–H and O–H groups in total. The van der Waals surface area contributed by atoms with Crippen molar-refractivity contribution in [2.24, 2.45) is 0 Å². The van der Waals surface area contributed by atoms with Crippen LogP contribution in [0.4, 0.5) is 5.69 Å². The molecule has 0 spiro atoms. The first kappa shape index (κ1) is 16.9. The number of unbranched alkanes of at least 4 members (excludes halogenated alkanes) is 1. The lowest BCUT2D eigenvalue weighted by molar-refractivity contribution is 0.130. The van der Waals surface area contributed by atoms with Crippen LogP contribution in [-0.2, 0) is 20.5 Å². The zero-order valence-corrected chi connectivity index (χ0v) is 12.8. The van der Waals surface area contributed by atoms with Gasteiger partial charge in [0.05, 0.1) is 5.75 Å². The Morgan fingerprint density at radius 1 is 1.15 bits per heavy atom. The Kier molecular flexibility index (Phi) is 7.58. The summed E-state index contributed by atoms with van der Waals surface area (Å²) in [5.41, 5.74) is 6.92. The van der Waals surface area contributed by atoms with Crippen molar-refractivity contribution in [3.63, 3.8) is 0 Å². The first-order chi connectivity index (χ1) is 9.53. The molecule has 1 aromatic carbocycles.